The van der Waals surface area contributed by atoms with E-state index >= 15 is 0 Å². The molecule has 3 atom stereocenters. The second-order valence-electron chi connectivity index (χ2n) is 5.00. The molecule has 2 fully saturated rings. The van der Waals surface area contributed by atoms with Crippen LogP contribution in [0, 0.1) is 0 Å². The van der Waals surface area contributed by atoms with Crippen LogP contribution >= 0.6 is 11.8 Å². The lowest BCUT2D eigenvalue weighted by atomic mass is 10.0. The largest absolute Gasteiger partial charge is 0.465 e. The topological polar surface area (TPSA) is 41.6 Å². The fourth-order valence-corrected chi connectivity index (χ4v) is 4.14. The van der Waals surface area contributed by atoms with Crippen LogP contribution in [0.5, 0.6) is 0 Å². The minimum atomic E-state index is -0.0927. The van der Waals surface area contributed by atoms with Crippen LogP contribution in [0.15, 0.2) is 0 Å². The molecular formula is C13H24N2O2S. The van der Waals surface area contributed by atoms with Crippen LogP contribution in [0.4, 0.5) is 0 Å². The Morgan fingerprint density at radius 1 is 1.56 bits per heavy atom. The van der Waals surface area contributed by atoms with Crippen molar-refractivity contribution in [1.29, 1.82) is 0 Å². The minimum absolute atomic E-state index is 0.0625. The maximum Gasteiger partial charge on any atom is 0.324 e. The molecule has 2 aliphatic rings. The van der Waals surface area contributed by atoms with E-state index in [9.17, 15) is 4.79 Å². The fraction of sp³-hybridized carbons (Fsp3) is 0.923. The van der Waals surface area contributed by atoms with Crippen LogP contribution in [0.25, 0.3) is 0 Å². The first kappa shape index (κ1) is 14.2. The van der Waals surface area contributed by atoms with Crippen LogP contribution in [-0.2, 0) is 9.53 Å². The van der Waals surface area contributed by atoms with Gasteiger partial charge in [0.05, 0.1) is 6.61 Å². The van der Waals surface area contributed by atoms with Crippen molar-refractivity contribution in [2.45, 2.75) is 44.0 Å². The summed E-state index contributed by atoms with van der Waals surface area (Å²) in [6, 6.07) is 0.435. The smallest absolute Gasteiger partial charge is 0.324 e. The molecule has 0 amide bonds. The lowest BCUT2D eigenvalue weighted by molar-refractivity contribution is -0.151. The second-order valence-corrected chi connectivity index (χ2v) is 6.48. The molecule has 0 aromatic rings. The molecular weight excluding hydrogens is 248 g/mol. The maximum atomic E-state index is 12.0. The third kappa shape index (κ3) is 3.19. The number of hydrogen-bond acceptors (Lipinski definition) is 5. The van der Waals surface area contributed by atoms with Crippen LogP contribution < -0.4 is 5.32 Å². The van der Waals surface area contributed by atoms with Crippen LogP contribution in [0.3, 0.4) is 0 Å². The molecule has 2 rings (SSSR count). The van der Waals surface area contributed by atoms with Crippen molar-refractivity contribution in [2.24, 2.45) is 0 Å². The summed E-state index contributed by atoms with van der Waals surface area (Å²) in [6.45, 7) is 7.30. The van der Waals surface area contributed by atoms with Crippen LogP contribution in [-0.4, -0.2) is 60.2 Å². The van der Waals surface area contributed by atoms with Gasteiger partial charge in [0.1, 0.15) is 6.04 Å². The first-order valence-corrected chi connectivity index (χ1v) is 8.03. The van der Waals surface area contributed by atoms with Crippen molar-refractivity contribution in [2.75, 3.05) is 32.0 Å². The van der Waals surface area contributed by atoms with Crippen molar-refractivity contribution in [3.63, 3.8) is 0 Å². The number of esters is 1. The summed E-state index contributed by atoms with van der Waals surface area (Å²) >= 11 is 2.03. The molecule has 2 aliphatic heterocycles. The Morgan fingerprint density at radius 3 is 3.11 bits per heavy atom. The van der Waals surface area contributed by atoms with Gasteiger partial charge in [0, 0.05) is 30.9 Å². The normalized spacial score (nSPS) is 34.2. The Kier molecular flexibility index (Phi) is 5.33. The molecule has 0 spiro atoms. The molecule has 0 saturated carbocycles. The fourth-order valence-electron chi connectivity index (χ4n) is 2.92. The van der Waals surface area contributed by atoms with Crippen molar-refractivity contribution in [3.05, 3.63) is 0 Å². The number of piperazine rings is 1. The number of thioether (sulfide) groups is 1. The second kappa shape index (κ2) is 6.78. The quantitative estimate of drug-likeness (QED) is 0.780. The highest BCUT2D eigenvalue weighted by Crippen LogP contribution is 2.30. The van der Waals surface area contributed by atoms with Gasteiger partial charge in [-0.05, 0) is 25.5 Å². The first-order chi connectivity index (χ1) is 8.74. The van der Waals surface area contributed by atoms with E-state index in [4.69, 9.17) is 4.74 Å². The molecule has 3 unspecified atom stereocenters. The average molecular weight is 272 g/mol. The van der Waals surface area contributed by atoms with Gasteiger partial charge in [0.25, 0.3) is 0 Å². The number of carbonyl (C=O) groups is 1. The summed E-state index contributed by atoms with van der Waals surface area (Å²) in [6.07, 6.45) is 2.48. The van der Waals surface area contributed by atoms with E-state index in [1.165, 1.54) is 18.6 Å². The lowest BCUT2D eigenvalue weighted by Crippen LogP contribution is -2.60. The van der Waals surface area contributed by atoms with Gasteiger partial charge in [-0.25, -0.2) is 0 Å². The summed E-state index contributed by atoms with van der Waals surface area (Å²) in [5.74, 6) is 1.20. The summed E-state index contributed by atoms with van der Waals surface area (Å²) in [5.41, 5.74) is 0. The van der Waals surface area contributed by atoms with E-state index in [-0.39, 0.29) is 12.0 Å². The molecule has 0 aliphatic carbocycles. The van der Waals surface area contributed by atoms with Gasteiger partial charge >= 0.3 is 5.97 Å². The Bertz CT molecular complexity index is 288. The van der Waals surface area contributed by atoms with Gasteiger partial charge in [-0.1, -0.05) is 6.92 Å². The molecule has 5 heteroatoms. The summed E-state index contributed by atoms with van der Waals surface area (Å²) < 4.78 is 5.21. The van der Waals surface area contributed by atoms with Crippen molar-refractivity contribution < 1.29 is 9.53 Å². The van der Waals surface area contributed by atoms with E-state index in [1.807, 2.05) is 18.7 Å². The van der Waals surface area contributed by atoms with E-state index < -0.39 is 0 Å². The number of carbonyl (C=O) groups excluding carboxylic acids is 1. The van der Waals surface area contributed by atoms with Gasteiger partial charge < -0.3 is 10.1 Å². The predicted octanol–water partition coefficient (Wildman–Crippen LogP) is 1.11. The Balaban J connectivity index is 2.04. The van der Waals surface area contributed by atoms with Crippen molar-refractivity contribution >= 4 is 17.7 Å². The molecule has 104 valence electrons. The molecule has 0 radical (unpaired) electrons. The van der Waals surface area contributed by atoms with E-state index in [0.717, 1.165) is 19.6 Å². The summed E-state index contributed by atoms with van der Waals surface area (Å²) in [4.78, 5) is 14.4. The van der Waals surface area contributed by atoms with E-state index in [1.54, 1.807) is 0 Å². The van der Waals surface area contributed by atoms with Gasteiger partial charge in [-0.15, -0.1) is 0 Å². The number of hydrogen-bond donors (Lipinski definition) is 1. The highest BCUT2D eigenvalue weighted by molar-refractivity contribution is 7.99. The number of ether oxygens (including phenoxy) is 1. The van der Waals surface area contributed by atoms with Gasteiger partial charge in [-0.3, -0.25) is 9.69 Å². The maximum absolute atomic E-state index is 12.0. The standard InChI is InChI=1S/C13H24N2O2S/c1-3-17-13(16)12-9-14-6-7-15(12)11-5-4-8-18-10(11)2/h10-12,14H,3-9H2,1-2H3. The Labute approximate surface area is 114 Å². The third-order valence-corrected chi connectivity index (χ3v) is 5.20. The summed E-state index contributed by atoms with van der Waals surface area (Å²) in [5, 5.41) is 3.93. The SMILES string of the molecule is CCOC(=O)C1CNCCN1C1CCCSC1C. The molecule has 0 aromatic carbocycles. The molecule has 18 heavy (non-hydrogen) atoms. The van der Waals surface area contributed by atoms with Gasteiger partial charge in [0.15, 0.2) is 0 Å². The zero-order chi connectivity index (χ0) is 13.0. The Morgan fingerprint density at radius 2 is 2.39 bits per heavy atom. The van der Waals surface area contributed by atoms with Gasteiger partial charge in [-0.2, -0.15) is 11.8 Å². The Hall–Kier alpha value is -0.260. The minimum Gasteiger partial charge on any atom is -0.465 e. The number of rotatable bonds is 3. The highest BCUT2D eigenvalue weighted by Gasteiger charge is 2.37. The van der Waals surface area contributed by atoms with E-state index in [0.29, 0.717) is 17.9 Å². The van der Waals surface area contributed by atoms with Crippen LogP contribution in [0.2, 0.25) is 0 Å². The van der Waals surface area contributed by atoms with Gasteiger partial charge in [0.2, 0.25) is 0 Å². The first-order valence-electron chi connectivity index (χ1n) is 6.98. The van der Waals surface area contributed by atoms with E-state index in [2.05, 4.69) is 17.1 Å². The van der Waals surface area contributed by atoms with Crippen molar-refractivity contribution in [3.8, 4) is 0 Å². The predicted molar refractivity (Wildman–Crippen MR) is 74.9 cm³/mol. The molecule has 0 bridgehead atoms. The molecule has 0 aromatic heterocycles. The molecule has 4 nitrogen and oxygen atoms in total. The highest BCUT2D eigenvalue weighted by atomic mass is 32.2. The molecule has 2 saturated heterocycles. The monoisotopic (exact) mass is 272 g/mol. The number of nitrogens with one attached hydrogen (secondary N) is 1. The lowest BCUT2D eigenvalue weighted by Gasteiger charge is -2.44. The van der Waals surface area contributed by atoms with Crippen LogP contribution in [0.1, 0.15) is 26.7 Å². The zero-order valence-electron chi connectivity index (χ0n) is 11.4. The molecule has 1 N–H and O–H groups in total. The molecule has 2 heterocycles. The third-order valence-electron chi connectivity index (χ3n) is 3.84. The average Bonchev–Trinajstić information content (AvgIpc) is 2.40. The zero-order valence-corrected chi connectivity index (χ0v) is 12.2. The number of nitrogens with zero attached hydrogens (tertiary/aromatic N) is 1. The van der Waals surface area contributed by atoms with Crippen molar-refractivity contribution in [1.82, 2.24) is 10.2 Å². The summed E-state index contributed by atoms with van der Waals surface area (Å²) in [7, 11) is 0.